The van der Waals surface area contributed by atoms with Crippen LogP contribution in [0.25, 0.3) is 0 Å². The first-order valence-electron chi connectivity index (χ1n) is 11.9. The summed E-state index contributed by atoms with van der Waals surface area (Å²) < 4.78 is 5.53. The SMILES string of the molecule is CN1CCN(c2ccc(C(=O)NC(CC(C)(C)C)C(=O)N3CC[C@H]4OCC(=O)[C@H]43)cc2)CC1. The van der Waals surface area contributed by atoms with Crippen molar-refractivity contribution in [3.63, 3.8) is 0 Å². The summed E-state index contributed by atoms with van der Waals surface area (Å²) in [5.41, 5.74) is 1.46. The number of anilines is 1. The van der Waals surface area contributed by atoms with E-state index in [1.54, 1.807) is 4.90 Å². The first kappa shape index (κ1) is 23.7. The van der Waals surface area contributed by atoms with Crippen LogP contribution in [0.5, 0.6) is 0 Å². The maximum atomic E-state index is 13.5. The van der Waals surface area contributed by atoms with Gasteiger partial charge >= 0.3 is 0 Å². The molecule has 3 aliphatic rings. The third-order valence-corrected chi connectivity index (χ3v) is 6.81. The Bertz CT molecular complexity index is 887. The number of amides is 2. The molecular weight excluding hydrogens is 420 g/mol. The predicted octanol–water partition coefficient (Wildman–Crippen LogP) is 1.54. The summed E-state index contributed by atoms with van der Waals surface area (Å²) in [4.78, 5) is 45.1. The van der Waals surface area contributed by atoms with Crippen molar-refractivity contribution in [1.82, 2.24) is 15.1 Å². The Morgan fingerprint density at radius 1 is 1.09 bits per heavy atom. The summed E-state index contributed by atoms with van der Waals surface area (Å²) in [6.07, 6.45) is 0.931. The third-order valence-electron chi connectivity index (χ3n) is 6.81. The molecular formula is C25H36N4O4. The van der Waals surface area contributed by atoms with E-state index in [9.17, 15) is 14.4 Å². The van der Waals surface area contributed by atoms with Gasteiger partial charge in [0.15, 0.2) is 5.78 Å². The van der Waals surface area contributed by atoms with Crippen molar-refractivity contribution in [3.8, 4) is 0 Å². The van der Waals surface area contributed by atoms with E-state index in [0.29, 0.717) is 24.9 Å². The Morgan fingerprint density at radius 2 is 1.76 bits per heavy atom. The minimum Gasteiger partial charge on any atom is -0.369 e. The van der Waals surface area contributed by atoms with Gasteiger partial charge < -0.3 is 24.8 Å². The summed E-state index contributed by atoms with van der Waals surface area (Å²) in [5.74, 6) is -0.517. The number of carbonyl (C=O) groups is 3. The Balaban J connectivity index is 1.45. The number of hydrogen-bond acceptors (Lipinski definition) is 6. The van der Waals surface area contributed by atoms with E-state index in [-0.39, 0.29) is 35.7 Å². The second-order valence-electron chi connectivity index (χ2n) is 10.7. The molecule has 1 aromatic carbocycles. The highest BCUT2D eigenvalue weighted by molar-refractivity contribution is 5.99. The van der Waals surface area contributed by atoms with Gasteiger partial charge in [0, 0.05) is 44.0 Å². The zero-order valence-corrected chi connectivity index (χ0v) is 20.2. The molecule has 0 aromatic heterocycles. The molecule has 2 amide bonds. The van der Waals surface area contributed by atoms with Crippen LogP contribution >= 0.6 is 0 Å². The summed E-state index contributed by atoms with van der Waals surface area (Å²) in [5, 5.41) is 2.96. The van der Waals surface area contributed by atoms with Gasteiger partial charge in [-0.3, -0.25) is 14.4 Å². The first-order valence-corrected chi connectivity index (χ1v) is 11.9. The molecule has 0 radical (unpaired) electrons. The van der Waals surface area contributed by atoms with Crippen molar-refractivity contribution in [2.24, 2.45) is 5.41 Å². The van der Waals surface area contributed by atoms with E-state index in [1.165, 1.54) is 0 Å². The number of ether oxygens (including phenoxy) is 1. The largest absolute Gasteiger partial charge is 0.369 e. The summed E-state index contributed by atoms with van der Waals surface area (Å²) in [6.45, 7) is 10.6. The van der Waals surface area contributed by atoms with Crippen molar-refractivity contribution in [2.45, 2.75) is 51.8 Å². The maximum absolute atomic E-state index is 13.5. The normalized spacial score (nSPS) is 24.7. The lowest BCUT2D eigenvalue weighted by molar-refractivity contribution is -0.138. The zero-order chi connectivity index (χ0) is 23.8. The minimum absolute atomic E-state index is 0.0498. The Morgan fingerprint density at radius 3 is 2.39 bits per heavy atom. The van der Waals surface area contributed by atoms with Gasteiger partial charge in [-0.25, -0.2) is 0 Å². The molecule has 0 bridgehead atoms. The van der Waals surface area contributed by atoms with Crippen LogP contribution in [-0.4, -0.2) is 92.0 Å². The Hall–Kier alpha value is -2.45. The second kappa shape index (κ2) is 9.43. The number of benzene rings is 1. The second-order valence-corrected chi connectivity index (χ2v) is 10.7. The fourth-order valence-corrected chi connectivity index (χ4v) is 4.98. The first-order chi connectivity index (χ1) is 15.6. The molecule has 1 aromatic rings. The molecule has 8 heteroatoms. The van der Waals surface area contributed by atoms with Gasteiger partial charge in [0.25, 0.3) is 5.91 Å². The number of fused-ring (bicyclic) bond motifs is 1. The van der Waals surface area contributed by atoms with Crippen LogP contribution in [0.15, 0.2) is 24.3 Å². The molecule has 8 nitrogen and oxygen atoms in total. The van der Waals surface area contributed by atoms with E-state index in [0.717, 1.165) is 31.9 Å². The lowest BCUT2D eigenvalue weighted by Gasteiger charge is -2.34. The third kappa shape index (κ3) is 5.38. The van der Waals surface area contributed by atoms with Gasteiger partial charge in [0.1, 0.15) is 18.7 Å². The topological polar surface area (TPSA) is 82.2 Å². The number of hydrogen-bond donors (Lipinski definition) is 1. The minimum atomic E-state index is -0.693. The molecule has 3 heterocycles. The fourth-order valence-electron chi connectivity index (χ4n) is 4.98. The van der Waals surface area contributed by atoms with Crippen LogP contribution in [0.3, 0.4) is 0 Å². The highest BCUT2D eigenvalue weighted by Gasteiger charge is 2.48. The summed E-state index contributed by atoms with van der Waals surface area (Å²) in [6, 6.07) is 6.38. The van der Waals surface area contributed by atoms with Crippen molar-refractivity contribution >= 4 is 23.3 Å². The number of likely N-dealkylation sites (N-methyl/N-ethyl adjacent to an activating group) is 1. The highest BCUT2D eigenvalue weighted by Crippen LogP contribution is 2.30. The zero-order valence-electron chi connectivity index (χ0n) is 20.2. The summed E-state index contributed by atoms with van der Waals surface area (Å²) >= 11 is 0. The van der Waals surface area contributed by atoms with E-state index in [1.807, 2.05) is 45.0 Å². The van der Waals surface area contributed by atoms with Gasteiger partial charge in [0.2, 0.25) is 5.91 Å². The number of nitrogens with zero attached hydrogens (tertiary/aromatic N) is 3. The van der Waals surface area contributed by atoms with E-state index < -0.39 is 12.1 Å². The molecule has 0 spiro atoms. The molecule has 0 aliphatic carbocycles. The molecule has 3 saturated heterocycles. The number of rotatable bonds is 5. The number of carbonyl (C=O) groups excluding carboxylic acids is 3. The molecule has 4 rings (SSSR count). The smallest absolute Gasteiger partial charge is 0.251 e. The van der Waals surface area contributed by atoms with Gasteiger partial charge in [-0.1, -0.05) is 20.8 Å². The maximum Gasteiger partial charge on any atom is 0.251 e. The monoisotopic (exact) mass is 456 g/mol. The standard InChI is InChI=1S/C25H36N4O4/c1-25(2,3)15-19(24(32)29-10-9-21-22(29)20(30)16-33-21)26-23(31)17-5-7-18(8-6-17)28-13-11-27(4)12-14-28/h5-8,19,21-22H,9-16H2,1-4H3,(H,26,31)/t19?,21-,22-/m1/s1. The van der Waals surface area contributed by atoms with Crippen LogP contribution in [-0.2, 0) is 14.3 Å². The van der Waals surface area contributed by atoms with Crippen LogP contribution in [0.2, 0.25) is 0 Å². The van der Waals surface area contributed by atoms with Gasteiger partial charge in [0.05, 0.1) is 6.10 Å². The van der Waals surface area contributed by atoms with Crippen molar-refractivity contribution < 1.29 is 19.1 Å². The van der Waals surface area contributed by atoms with Crippen molar-refractivity contribution in [1.29, 1.82) is 0 Å². The quantitative estimate of drug-likeness (QED) is 0.724. The Kier molecular flexibility index (Phi) is 6.77. The molecule has 1 unspecified atom stereocenters. The van der Waals surface area contributed by atoms with Crippen LogP contribution in [0.4, 0.5) is 5.69 Å². The molecule has 3 fully saturated rings. The number of ketones is 1. The van der Waals surface area contributed by atoms with Crippen molar-refractivity contribution in [2.75, 3.05) is 51.3 Å². The predicted molar refractivity (Wildman–Crippen MR) is 126 cm³/mol. The average Bonchev–Trinajstić information content (AvgIpc) is 3.35. The molecule has 1 N–H and O–H groups in total. The summed E-state index contributed by atoms with van der Waals surface area (Å²) in [7, 11) is 2.12. The van der Waals surface area contributed by atoms with Crippen LogP contribution in [0, 0.1) is 5.41 Å². The molecule has 3 atom stereocenters. The van der Waals surface area contributed by atoms with E-state index in [4.69, 9.17) is 4.74 Å². The lowest BCUT2D eigenvalue weighted by atomic mass is 9.87. The number of nitrogens with one attached hydrogen (secondary N) is 1. The number of Topliss-reactive ketones (excluding diaryl/α,β-unsaturated/α-hetero) is 1. The van der Waals surface area contributed by atoms with Gasteiger partial charge in [-0.15, -0.1) is 0 Å². The average molecular weight is 457 g/mol. The lowest BCUT2D eigenvalue weighted by Crippen LogP contribution is -2.53. The molecule has 3 aliphatic heterocycles. The van der Waals surface area contributed by atoms with Crippen molar-refractivity contribution in [3.05, 3.63) is 29.8 Å². The van der Waals surface area contributed by atoms with Gasteiger partial charge in [-0.2, -0.15) is 0 Å². The highest BCUT2D eigenvalue weighted by atomic mass is 16.5. The van der Waals surface area contributed by atoms with E-state index in [2.05, 4.69) is 22.2 Å². The number of piperazine rings is 1. The van der Waals surface area contributed by atoms with Crippen LogP contribution in [0.1, 0.15) is 44.0 Å². The van der Waals surface area contributed by atoms with Crippen LogP contribution < -0.4 is 10.2 Å². The molecule has 33 heavy (non-hydrogen) atoms. The number of likely N-dealkylation sites (tertiary alicyclic amines) is 1. The van der Waals surface area contributed by atoms with Gasteiger partial charge in [-0.05, 0) is 49.6 Å². The fraction of sp³-hybridized carbons (Fsp3) is 0.640. The Labute approximate surface area is 196 Å². The molecule has 0 saturated carbocycles. The molecule has 180 valence electrons. The van der Waals surface area contributed by atoms with E-state index >= 15 is 0 Å².